The van der Waals surface area contributed by atoms with Crippen molar-refractivity contribution < 1.29 is 23.4 Å². The maximum absolute atomic E-state index is 13.2. The largest absolute Gasteiger partial charge is 0.508 e. The number of phenols is 1. The van der Waals surface area contributed by atoms with E-state index in [-0.39, 0.29) is 34.7 Å². The number of aromatic hydroxyl groups is 1. The molecule has 2 saturated carbocycles. The normalized spacial score (nSPS) is 35.4. The maximum Gasteiger partial charge on any atom is 0.416 e. The molecule has 2 N–H and O–H groups in total. The van der Waals surface area contributed by atoms with Crippen LogP contribution in [0.5, 0.6) is 5.75 Å². The molecule has 0 spiro atoms. The molecule has 2 fully saturated rings. The SMILES string of the molecule is C[C@]12CC[C@@H](c3ccc(O)cc3C(F)(F)F)C[C@H]1CC[C@@H]2O. The summed E-state index contributed by atoms with van der Waals surface area (Å²) < 4.78 is 39.7. The van der Waals surface area contributed by atoms with Gasteiger partial charge in [0.25, 0.3) is 0 Å². The van der Waals surface area contributed by atoms with Gasteiger partial charge in [-0.3, -0.25) is 0 Å². The van der Waals surface area contributed by atoms with Crippen molar-refractivity contribution in [3.63, 3.8) is 0 Å². The Bertz CT molecular complexity index is 570. The van der Waals surface area contributed by atoms with E-state index in [1.165, 1.54) is 12.1 Å². The molecule has 122 valence electrons. The minimum atomic E-state index is -4.45. The third kappa shape index (κ3) is 2.49. The molecule has 5 heteroatoms. The van der Waals surface area contributed by atoms with Gasteiger partial charge in [-0.1, -0.05) is 13.0 Å². The van der Waals surface area contributed by atoms with E-state index in [0.29, 0.717) is 12.8 Å². The highest BCUT2D eigenvalue weighted by atomic mass is 19.4. The summed E-state index contributed by atoms with van der Waals surface area (Å²) in [6, 6.07) is 3.57. The predicted octanol–water partition coefficient (Wildman–Crippen LogP) is 4.46. The first-order chi connectivity index (χ1) is 10.2. The molecule has 2 aliphatic carbocycles. The zero-order valence-electron chi connectivity index (χ0n) is 12.5. The van der Waals surface area contributed by atoms with Crippen LogP contribution in [0.2, 0.25) is 0 Å². The van der Waals surface area contributed by atoms with Crippen molar-refractivity contribution in [3.05, 3.63) is 29.3 Å². The third-order valence-electron chi connectivity index (χ3n) is 5.87. The van der Waals surface area contributed by atoms with E-state index in [1.807, 2.05) is 0 Å². The number of rotatable bonds is 1. The molecule has 0 unspecified atom stereocenters. The van der Waals surface area contributed by atoms with Gasteiger partial charge >= 0.3 is 6.18 Å². The van der Waals surface area contributed by atoms with E-state index in [0.717, 1.165) is 25.3 Å². The monoisotopic (exact) mass is 314 g/mol. The molecule has 0 aromatic heterocycles. The summed E-state index contributed by atoms with van der Waals surface area (Å²) in [7, 11) is 0. The smallest absolute Gasteiger partial charge is 0.416 e. The van der Waals surface area contributed by atoms with E-state index in [1.54, 1.807) is 0 Å². The first-order valence-corrected chi connectivity index (χ1v) is 7.80. The van der Waals surface area contributed by atoms with Crippen molar-refractivity contribution in [2.45, 2.75) is 57.2 Å². The van der Waals surface area contributed by atoms with Crippen LogP contribution in [0.3, 0.4) is 0 Å². The second-order valence-electron chi connectivity index (χ2n) is 7.04. The van der Waals surface area contributed by atoms with Crippen LogP contribution in [0.1, 0.15) is 56.1 Å². The fourth-order valence-corrected chi connectivity index (χ4v) is 4.42. The maximum atomic E-state index is 13.2. The molecule has 0 saturated heterocycles. The second kappa shape index (κ2) is 5.15. The number of aliphatic hydroxyl groups excluding tert-OH is 1. The number of phenolic OH excluding ortho intramolecular Hbond substituents is 1. The Morgan fingerprint density at radius 2 is 1.91 bits per heavy atom. The lowest BCUT2D eigenvalue weighted by atomic mass is 9.63. The van der Waals surface area contributed by atoms with Crippen LogP contribution in [0, 0.1) is 11.3 Å². The van der Waals surface area contributed by atoms with Gasteiger partial charge in [-0.05, 0) is 67.1 Å². The van der Waals surface area contributed by atoms with Crippen LogP contribution in [-0.2, 0) is 6.18 Å². The standard InChI is InChI=1S/C17H21F3O2/c1-16-7-6-10(8-11(16)2-5-15(16)22)13-4-3-12(21)9-14(13)17(18,19)20/h3-4,9-11,15,21-22H,2,5-8H2,1H3/t10-,11-,15+,16+/m1/s1. The second-order valence-corrected chi connectivity index (χ2v) is 7.04. The lowest BCUT2D eigenvalue weighted by Gasteiger charge is -2.42. The fourth-order valence-electron chi connectivity index (χ4n) is 4.42. The molecule has 0 bridgehead atoms. The summed E-state index contributed by atoms with van der Waals surface area (Å²) in [6.45, 7) is 2.06. The number of alkyl halides is 3. The summed E-state index contributed by atoms with van der Waals surface area (Å²) in [5, 5.41) is 19.5. The van der Waals surface area contributed by atoms with Gasteiger partial charge in [0.15, 0.2) is 0 Å². The number of benzene rings is 1. The first kappa shape index (κ1) is 15.7. The average molecular weight is 314 g/mol. The highest BCUT2D eigenvalue weighted by molar-refractivity contribution is 5.39. The van der Waals surface area contributed by atoms with Gasteiger partial charge < -0.3 is 10.2 Å². The molecule has 0 radical (unpaired) electrons. The summed E-state index contributed by atoms with van der Waals surface area (Å²) in [5.41, 5.74) is -0.584. The number of halogens is 3. The van der Waals surface area contributed by atoms with Crippen molar-refractivity contribution in [2.24, 2.45) is 11.3 Å². The van der Waals surface area contributed by atoms with Gasteiger partial charge in [-0.25, -0.2) is 0 Å². The Hall–Kier alpha value is -1.23. The molecule has 2 nitrogen and oxygen atoms in total. The third-order valence-corrected chi connectivity index (χ3v) is 5.87. The molecule has 1 aromatic rings. The van der Waals surface area contributed by atoms with E-state index < -0.39 is 11.7 Å². The highest BCUT2D eigenvalue weighted by Crippen LogP contribution is 2.56. The molecule has 4 atom stereocenters. The zero-order chi connectivity index (χ0) is 16.1. The molecule has 2 aliphatic rings. The molecule has 0 heterocycles. The van der Waals surface area contributed by atoms with Crippen LogP contribution < -0.4 is 0 Å². The van der Waals surface area contributed by atoms with E-state index in [2.05, 4.69) is 6.92 Å². The topological polar surface area (TPSA) is 40.5 Å². The van der Waals surface area contributed by atoms with Crippen molar-refractivity contribution >= 4 is 0 Å². The fraction of sp³-hybridized carbons (Fsp3) is 0.647. The molecule has 1 aromatic carbocycles. The van der Waals surface area contributed by atoms with Crippen LogP contribution in [0.4, 0.5) is 13.2 Å². The van der Waals surface area contributed by atoms with Gasteiger partial charge in [0.05, 0.1) is 11.7 Å². The summed E-state index contributed by atoms with van der Waals surface area (Å²) in [5.74, 6) is -0.232. The van der Waals surface area contributed by atoms with Crippen LogP contribution in [0.15, 0.2) is 18.2 Å². The zero-order valence-corrected chi connectivity index (χ0v) is 12.5. The van der Waals surface area contributed by atoms with Gasteiger partial charge in [0, 0.05) is 0 Å². The first-order valence-electron chi connectivity index (χ1n) is 7.80. The predicted molar refractivity (Wildman–Crippen MR) is 76.5 cm³/mol. The van der Waals surface area contributed by atoms with Crippen LogP contribution >= 0.6 is 0 Å². The number of fused-ring (bicyclic) bond motifs is 1. The van der Waals surface area contributed by atoms with E-state index in [9.17, 15) is 23.4 Å². The summed E-state index contributed by atoms with van der Waals surface area (Å²) >= 11 is 0. The molecule has 22 heavy (non-hydrogen) atoms. The van der Waals surface area contributed by atoms with E-state index in [4.69, 9.17) is 0 Å². The summed E-state index contributed by atoms with van der Waals surface area (Å²) in [6.07, 6.45) is -1.07. The van der Waals surface area contributed by atoms with Gasteiger partial charge in [-0.15, -0.1) is 0 Å². The molecular formula is C17H21F3O2. The van der Waals surface area contributed by atoms with Gasteiger partial charge in [-0.2, -0.15) is 13.2 Å². The summed E-state index contributed by atoms with van der Waals surface area (Å²) in [4.78, 5) is 0. The Labute approximate surface area is 128 Å². The Morgan fingerprint density at radius 1 is 1.18 bits per heavy atom. The van der Waals surface area contributed by atoms with E-state index >= 15 is 0 Å². The molecule has 0 amide bonds. The van der Waals surface area contributed by atoms with Gasteiger partial charge in [0.2, 0.25) is 0 Å². The number of hydrogen-bond acceptors (Lipinski definition) is 2. The molecular weight excluding hydrogens is 293 g/mol. The quantitative estimate of drug-likeness (QED) is 0.803. The molecule has 3 rings (SSSR count). The van der Waals surface area contributed by atoms with Crippen LogP contribution in [0.25, 0.3) is 0 Å². The highest BCUT2D eigenvalue weighted by Gasteiger charge is 2.49. The lowest BCUT2D eigenvalue weighted by Crippen LogP contribution is -2.37. The van der Waals surface area contributed by atoms with Crippen LogP contribution in [-0.4, -0.2) is 16.3 Å². The minimum absolute atomic E-state index is 0.147. The van der Waals surface area contributed by atoms with Crippen molar-refractivity contribution in [3.8, 4) is 5.75 Å². The Kier molecular flexibility index (Phi) is 3.67. The van der Waals surface area contributed by atoms with Crippen molar-refractivity contribution in [1.82, 2.24) is 0 Å². The average Bonchev–Trinajstić information content (AvgIpc) is 2.73. The number of hydrogen-bond donors (Lipinski definition) is 2. The minimum Gasteiger partial charge on any atom is -0.508 e. The van der Waals surface area contributed by atoms with Crippen molar-refractivity contribution in [1.29, 1.82) is 0 Å². The van der Waals surface area contributed by atoms with Gasteiger partial charge in [0.1, 0.15) is 5.75 Å². The van der Waals surface area contributed by atoms with Crippen molar-refractivity contribution in [2.75, 3.05) is 0 Å². The molecule has 0 aliphatic heterocycles. The lowest BCUT2D eigenvalue weighted by molar-refractivity contribution is -0.138. The Morgan fingerprint density at radius 3 is 2.59 bits per heavy atom. The number of aliphatic hydroxyl groups is 1. The Balaban J connectivity index is 1.91.